The Morgan fingerprint density at radius 3 is 2.62 bits per heavy atom. The summed E-state index contributed by atoms with van der Waals surface area (Å²) in [6.45, 7) is 4.14. The molecule has 1 atom stereocenters. The molecule has 0 spiro atoms. The number of ketones is 2. The van der Waals surface area contributed by atoms with Gasteiger partial charge in [0.1, 0.15) is 5.69 Å². The first kappa shape index (κ1) is 14.1. The van der Waals surface area contributed by atoms with Gasteiger partial charge in [0.25, 0.3) is 0 Å². The van der Waals surface area contributed by atoms with E-state index in [0.717, 1.165) is 24.1 Å². The van der Waals surface area contributed by atoms with E-state index in [-0.39, 0.29) is 17.3 Å². The largest absolute Gasteiger partial charge is 0.492 e. The molecule has 1 aliphatic carbocycles. The second-order valence-electron chi connectivity index (χ2n) is 5.76. The highest BCUT2D eigenvalue weighted by Gasteiger charge is 2.38. The van der Waals surface area contributed by atoms with Crippen molar-refractivity contribution in [2.75, 3.05) is 7.11 Å². The van der Waals surface area contributed by atoms with Gasteiger partial charge < -0.3 is 14.4 Å². The number of carbonyl (C=O) groups excluding carboxylic acids is 2. The van der Waals surface area contributed by atoms with Crippen molar-refractivity contribution in [2.45, 2.75) is 45.8 Å². The SMILES string of the molecule is COC1=C(C)C(=O)c2c(c(C)c3n2CCCC(O)C3)C1=O. The van der Waals surface area contributed by atoms with E-state index >= 15 is 0 Å². The first-order valence-electron chi connectivity index (χ1n) is 7.21. The zero-order chi connectivity index (χ0) is 15.3. The molecule has 112 valence electrons. The lowest BCUT2D eigenvalue weighted by molar-refractivity contribution is 0.0902. The van der Waals surface area contributed by atoms with Crippen molar-refractivity contribution in [1.82, 2.24) is 4.57 Å². The molecule has 21 heavy (non-hydrogen) atoms. The van der Waals surface area contributed by atoms with E-state index in [1.54, 1.807) is 6.92 Å². The molecule has 0 fully saturated rings. The van der Waals surface area contributed by atoms with E-state index in [4.69, 9.17) is 4.74 Å². The van der Waals surface area contributed by atoms with Crippen molar-refractivity contribution in [3.05, 3.63) is 33.8 Å². The van der Waals surface area contributed by atoms with Crippen LogP contribution in [0.5, 0.6) is 0 Å². The van der Waals surface area contributed by atoms with Crippen molar-refractivity contribution in [3.8, 4) is 0 Å². The maximum atomic E-state index is 12.6. The summed E-state index contributed by atoms with van der Waals surface area (Å²) in [5.74, 6) is -0.235. The van der Waals surface area contributed by atoms with Gasteiger partial charge in [0.15, 0.2) is 5.76 Å². The minimum atomic E-state index is -0.414. The molecule has 2 heterocycles. The predicted octanol–water partition coefficient (Wildman–Crippen LogP) is 1.79. The summed E-state index contributed by atoms with van der Waals surface area (Å²) >= 11 is 0. The molecular formula is C16H19NO4. The molecule has 3 rings (SSSR count). The van der Waals surface area contributed by atoms with Crippen LogP contribution in [0.15, 0.2) is 11.3 Å². The highest BCUT2D eigenvalue weighted by atomic mass is 16.5. The number of aliphatic hydroxyl groups is 1. The van der Waals surface area contributed by atoms with Crippen LogP contribution in [0.4, 0.5) is 0 Å². The number of fused-ring (bicyclic) bond motifs is 3. The number of carbonyl (C=O) groups is 2. The van der Waals surface area contributed by atoms with Gasteiger partial charge in [0.05, 0.1) is 18.8 Å². The van der Waals surface area contributed by atoms with E-state index < -0.39 is 6.10 Å². The standard InChI is InChI=1S/C16H19NO4/c1-8-11-7-10(18)5-4-6-17(11)13-12(8)15(20)16(21-3)9(2)14(13)19/h10,18H,4-7H2,1-3H3. The Labute approximate surface area is 123 Å². The zero-order valence-electron chi connectivity index (χ0n) is 12.5. The molecule has 0 saturated carbocycles. The quantitative estimate of drug-likeness (QED) is 0.856. The molecular weight excluding hydrogens is 270 g/mol. The number of hydrogen-bond donors (Lipinski definition) is 1. The third kappa shape index (κ3) is 1.87. The highest BCUT2D eigenvalue weighted by Crippen LogP contribution is 2.34. The minimum absolute atomic E-state index is 0.136. The summed E-state index contributed by atoms with van der Waals surface area (Å²) in [7, 11) is 1.41. The van der Waals surface area contributed by atoms with Crippen molar-refractivity contribution >= 4 is 11.6 Å². The number of nitrogens with zero attached hydrogens (tertiary/aromatic N) is 1. The topological polar surface area (TPSA) is 68.5 Å². The third-order valence-electron chi connectivity index (χ3n) is 4.52. The monoisotopic (exact) mass is 289 g/mol. The van der Waals surface area contributed by atoms with Crippen LogP contribution in [-0.2, 0) is 17.7 Å². The molecule has 1 N–H and O–H groups in total. The molecule has 0 bridgehead atoms. The van der Waals surface area contributed by atoms with Gasteiger partial charge >= 0.3 is 0 Å². The van der Waals surface area contributed by atoms with Gasteiger partial charge in [-0.25, -0.2) is 0 Å². The first-order valence-corrected chi connectivity index (χ1v) is 7.21. The van der Waals surface area contributed by atoms with Gasteiger partial charge in [0, 0.05) is 24.2 Å². The molecule has 5 nitrogen and oxygen atoms in total. The first-order chi connectivity index (χ1) is 9.97. The van der Waals surface area contributed by atoms with Crippen LogP contribution in [0.3, 0.4) is 0 Å². The Balaban J connectivity index is 2.25. The average Bonchev–Trinajstić information content (AvgIpc) is 2.60. The highest BCUT2D eigenvalue weighted by molar-refractivity contribution is 6.26. The van der Waals surface area contributed by atoms with Crippen LogP contribution < -0.4 is 0 Å². The Hall–Kier alpha value is -1.88. The number of aliphatic hydroxyl groups excluding tert-OH is 1. The van der Waals surface area contributed by atoms with E-state index in [1.807, 2.05) is 11.5 Å². The van der Waals surface area contributed by atoms with Crippen LogP contribution in [0.1, 0.15) is 51.9 Å². The minimum Gasteiger partial charge on any atom is -0.492 e. The van der Waals surface area contributed by atoms with Gasteiger partial charge in [-0.2, -0.15) is 0 Å². The Bertz CT molecular complexity index is 681. The van der Waals surface area contributed by atoms with Crippen molar-refractivity contribution < 1.29 is 19.4 Å². The van der Waals surface area contributed by atoms with Gasteiger partial charge in [-0.1, -0.05) is 0 Å². The molecule has 0 radical (unpaired) electrons. The summed E-state index contributed by atoms with van der Waals surface area (Å²) in [4.78, 5) is 25.2. The lowest BCUT2D eigenvalue weighted by Crippen LogP contribution is -2.24. The van der Waals surface area contributed by atoms with Crippen molar-refractivity contribution in [1.29, 1.82) is 0 Å². The van der Waals surface area contributed by atoms with Crippen LogP contribution >= 0.6 is 0 Å². The summed E-state index contributed by atoms with van der Waals surface area (Å²) < 4.78 is 7.05. The number of ether oxygens (including phenoxy) is 1. The summed E-state index contributed by atoms with van der Waals surface area (Å²) in [6.07, 6.45) is 1.59. The molecule has 1 aromatic rings. The Morgan fingerprint density at radius 2 is 1.95 bits per heavy atom. The molecule has 0 aromatic carbocycles. The molecule has 0 saturated heterocycles. The molecule has 0 amide bonds. The van der Waals surface area contributed by atoms with E-state index in [0.29, 0.717) is 29.8 Å². The van der Waals surface area contributed by atoms with Crippen LogP contribution in [0, 0.1) is 6.92 Å². The van der Waals surface area contributed by atoms with E-state index in [1.165, 1.54) is 7.11 Å². The summed E-state index contributed by atoms with van der Waals surface area (Å²) in [5, 5.41) is 9.99. The second-order valence-corrected chi connectivity index (χ2v) is 5.76. The number of hydrogen-bond acceptors (Lipinski definition) is 4. The van der Waals surface area contributed by atoms with Crippen LogP contribution in [0.2, 0.25) is 0 Å². The smallest absolute Gasteiger partial charge is 0.230 e. The summed E-state index contributed by atoms with van der Waals surface area (Å²) in [6, 6.07) is 0. The fourth-order valence-corrected chi connectivity index (χ4v) is 3.44. The lowest BCUT2D eigenvalue weighted by Gasteiger charge is -2.17. The van der Waals surface area contributed by atoms with Crippen molar-refractivity contribution in [2.24, 2.45) is 0 Å². The normalized spacial score (nSPS) is 22.0. The molecule has 5 heteroatoms. The number of rotatable bonds is 1. The fraction of sp³-hybridized carbons (Fsp3) is 0.500. The molecule has 1 aliphatic heterocycles. The van der Waals surface area contributed by atoms with E-state index in [2.05, 4.69) is 0 Å². The fourth-order valence-electron chi connectivity index (χ4n) is 3.44. The zero-order valence-corrected chi connectivity index (χ0v) is 12.5. The molecule has 1 aromatic heterocycles. The average molecular weight is 289 g/mol. The predicted molar refractivity (Wildman–Crippen MR) is 76.5 cm³/mol. The molecule has 1 unspecified atom stereocenters. The lowest BCUT2D eigenvalue weighted by atomic mass is 9.91. The van der Waals surface area contributed by atoms with Gasteiger partial charge in [-0.15, -0.1) is 0 Å². The van der Waals surface area contributed by atoms with Crippen LogP contribution in [-0.4, -0.2) is 34.5 Å². The number of allylic oxidation sites excluding steroid dienone is 2. The Kier molecular flexibility index (Phi) is 3.24. The van der Waals surface area contributed by atoms with Crippen LogP contribution in [0.25, 0.3) is 0 Å². The summed E-state index contributed by atoms with van der Waals surface area (Å²) in [5.41, 5.74) is 2.98. The second kappa shape index (κ2) is 4.84. The van der Waals surface area contributed by atoms with Crippen molar-refractivity contribution in [3.63, 3.8) is 0 Å². The maximum Gasteiger partial charge on any atom is 0.230 e. The van der Waals surface area contributed by atoms with Gasteiger partial charge in [-0.05, 0) is 32.3 Å². The number of aromatic nitrogens is 1. The van der Waals surface area contributed by atoms with Gasteiger partial charge in [0.2, 0.25) is 11.6 Å². The third-order valence-corrected chi connectivity index (χ3v) is 4.52. The Morgan fingerprint density at radius 1 is 1.24 bits per heavy atom. The van der Waals surface area contributed by atoms with Gasteiger partial charge in [-0.3, -0.25) is 9.59 Å². The number of methoxy groups -OCH3 is 1. The van der Waals surface area contributed by atoms with E-state index in [9.17, 15) is 14.7 Å². The maximum absolute atomic E-state index is 12.6. The molecule has 2 aliphatic rings. The number of Topliss-reactive ketones (excluding diaryl/α,β-unsaturated/α-hetero) is 2.